The SMILES string of the molecule is COc1cc2ncnc(N3CCC(CCCS(C)(=N)=O)CC3)c2cc1OC. The van der Waals surface area contributed by atoms with E-state index in [9.17, 15) is 4.21 Å². The van der Waals surface area contributed by atoms with Crippen LogP contribution in [0.2, 0.25) is 0 Å². The van der Waals surface area contributed by atoms with Crippen LogP contribution in [0, 0.1) is 10.7 Å². The van der Waals surface area contributed by atoms with Crippen LogP contribution in [0.3, 0.4) is 0 Å². The Hall–Kier alpha value is -2.09. The molecular weight excluding hydrogens is 364 g/mol. The summed E-state index contributed by atoms with van der Waals surface area (Å²) in [6.45, 7) is 1.88. The quantitative estimate of drug-likeness (QED) is 0.778. The predicted octanol–water partition coefficient (Wildman–Crippen LogP) is 3.32. The van der Waals surface area contributed by atoms with Gasteiger partial charge >= 0.3 is 0 Å². The number of nitrogens with zero attached hydrogens (tertiary/aromatic N) is 3. The van der Waals surface area contributed by atoms with E-state index in [1.165, 1.54) is 6.26 Å². The zero-order chi connectivity index (χ0) is 19.4. The Labute approximate surface area is 161 Å². The molecule has 1 aromatic heterocycles. The molecule has 1 aliphatic heterocycles. The molecule has 7 nitrogen and oxygen atoms in total. The van der Waals surface area contributed by atoms with E-state index >= 15 is 0 Å². The monoisotopic (exact) mass is 392 g/mol. The van der Waals surface area contributed by atoms with Gasteiger partial charge in [0.05, 0.1) is 19.7 Å². The van der Waals surface area contributed by atoms with E-state index in [-0.39, 0.29) is 0 Å². The van der Waals surface area contributed by atoms with Crippen molar-refractivity contribution in [1.29, 1.82) is 4.78 Å². The zero-order valence-corrected chi connectivity index (χ0v) is 17.1. The van der Waals surface area contributed by atoms with Gasteiger partial charge in [-0.2, -0.15) is 0 Å². The van der Waals surface area contributed by atoms with Crippen molar-refractivity contribution < 1.29 is 13.7 Å². The van der Waals surface area contributed by atoms with Gasteiger partial charge in [-0.3, -0.25) is 8.99 Å². The molecule has 0 bridgehead atoms. The molecular formula is C19H28N4O3S. The molecule has 0 saturated carbocycles. The molecule has 1 unspecified atom stereocenters. The van der Waals surface area contributed by atoms with Crippen molar-refractivity contribution in [2.24, 2.45) is 5.92 Å². The fourth-order valence-corrected chi connectivity index (χ4v) is 4.42. The Morgan fingerprint density at radius 3 is 2.48 bits per heavy atom. The third kappa shape index (κ3) is 4.80. The Kier molecular flexibility index (Phi) is 6.04. The van der Waals surface area contributed by atoms with E-state index in [1.54, 1.807) is 20.5 Å². The lowest BCUT2D eigenvalue weighted by Gasteiger charge is -2.33. The van der Waals surface area contributed by atoms with Gasteiger partial charge in [0.15, 0.2) is 11.5 Å². The number of hydrogen-bond acceptors (Lipinski definition) is 7. The van der Waals surface area contributed by atoms with Crippen LogP contribution in [0.1, 0.15) is 25.7 Å². The summed E-state index contributed by atoms with van der Waals surface area (Å²) in [5, 5.41) is 0.966. The first-order valence-corrected chi connectivity index (χ1v) is 11.4. The molecule has 27 heavy (non-hydrogen) atoms. The number of aromatic nitrogens is 2. The van der Waals surface area contributed by atoms with Crippen LogP contribution in [-0.4, -0.2) is 53.5 Å². The first kappa shape index (κ1) is 19.7. The maximum absolute atomic E-state index is 11.5. The Morgan fingerprint density at radius 2 is 1.85 bits per heavy atom. The van der Waals surface area contributed by atoms with E-state index in [1.807, 2.05) is 12.1 Å². The normalized spacial score (nSPS) is 17.7. The Balaban J connectivity index is 1.71. The first-order valence-electron chi connectivity index (χ1n) is 9.24. The van der Waals surface area contributed by atoms with Crippen LogP contribution in [0.4, 0.5) is 5.82 Å². The lowest BCUT2D eigenvalue weighted by atomic mass is 9.92. The largest absolute Gasteiger partial charge is 0.493 e. The molecule has 1 saturated heterocycles. The number of benzene rings is 1. The number of ether oxygens (including phenoxy) is 2. The molecule has 2 heterocycles. The van der Waals surface area contributed by atoms with Crippen LogP contribution >= 0.6 is 0 Å². The Morgan fingerprint density at radius 1 is 1.19 bits per heavy atom. The summed E-state index contributed by atoms with van der Waals surface area (Å²) < 4.78 is 29.8. The second-order valence-corrected chi connectivity index (χ2v) is 9.62. The lowest BCUT2D eigenvalue weighted by molar-refractivity contribution is 0.355. The van der Waals surface area contributed by atoms with Gasteiger partial charge in [-0.1, -0.05) is 0 Å². The highest BCUT2D eigenvalue weighted by Crippen LogP contribution is 2.36. The minimum absolute atomic E-state index is 0.505. The Bertz CT molecular complexity index is 893. The topological polar surface area (TPSA) is 88.4 Å². The number of methoxy groups -OCH3 is 2. The number of rotatable bonds is 7. The van der Waals surface area contributed by atoms with Gasteiger partial charge in [0.1, 0.15) is 12.1 Å². The van der Waals surface area contributed by atoms with Gasteiger partial charge in [-0.15, -0.1) is 0 Å². The fraction of sp³-hybridized carbons (Fsp3) is 0.579. The van der Waals surface area contributed by atoms with Gasteiger partial charge in [-0.05, 0) is 37.7 Å². The second-order valence-electron chi connectivity index (χ2n) is 7.20. The van der Waals surface area contributed by atoms with E-state index in [0.29, 0.717) is 23.2 Å². The van der Waals surface area contributed by atoms with E-state index in [4.69, 9.17) is 14.3 Å². The van der Waals surface area contributed by atoms with Gasteiger partial charge in [-0.25, -0.2) is 9.97 Å². The van der Waals surface area contributed by atoms with E-state index in [0.717, 1.165) is 55.5 Å². The summed E-state index contributed by atoms with van der Waals surface area (Å²) in [5.74, 6) is 3.41. The van der Waals surface area contributed by atoms with E-state index in [2.05, 4.69) is 14.9 Å². The van der Waals surface area contributed by atoms with Crippen LogP contribution in [0.5, 0.6) is 11.5 Å². The summed E-state index contributed by atoms with van der Waals surface area (Å²) in [5.41, 5.74) is 0.841. The molecule has 1 aromatic carbocycles. The summed E-state index contributed by atoms with van der Waals surface area (Å²) >= 11 is 0. The molecule has 0 radical (unpaired) electrons. The maximum Gasteiger partial charge on any atom is 0.162 e. The van der Waals surface area contributed by atoms with Crippen LogP contribution in [0.15, 0.2) is 18.5 Å². The summed E-state index contributed by atoms with van der Waals surface area (Å²) in [6, 6.07) is 3.83. The smallest absolute Gasteiger partial charge is 0.162 e. The number of piperidine rings is 1. The molecule has 3 rings (SSSR count). The number of hydrogen-bond donors (Lipinski definition) is 1. The number of nitrogens with one attached hydrogen (secondary N) is 1. The standard InChI is InChI=1S/C19H28N4O3S/c1-25-17-11-15-16(12-18(17)26-2)21-13-22-19(15)23-8-6-14(7-9-23)5-4-10-27(3,20)24/h11-14,20H,4-10H2,1-3H3. The predicted molar refractivity (Wildman–Crippen MR) is 108 cm³/mol. The van der Waals surface area contributed by atoms with Gasteiger partial charge in [0.2, 0.25) is 0 Å². The average Bonchev–Trinajstić information content (AvgIpc) is 2.66. The molecule has 1 N–H and O–H groups in total. The van der Waals surface area contributed by atoms with Crippen molar-refractivity contribution in [3.8, 4) is 11.5 Å². The van der Waals surface area contributed by atoms with E-state index < -0.39 is 9.73 Å². The molecule has 0 amide bonds. The minimum atomic E-state index is -2.36. The molecule has 0 spiro atoms. The van der Waals surface area contributed by atoms with Crippen molar-refractivity contribution >= 4 is 26.4 Å². The number of anilines is 1. The average molecular weight is 393 g/mol. The molecule has 2 aromatic rings. The highest BCUT2D eigenvalue weighted by molar-refractivity contribution is 7.91. The first-order chi connectivity index (χ1) is 12.9. The third-order valence-electron chi connectivity index (χ3n) is 5.18. The van der Waals surface area contributed by atoms with Crippen LogP contribution < -0.4 is 14.4 Å². The van der Waals surface area contributed by atoms with Gasteiger partial charge in [0.25, 0.3) is 0 Å². The van der Waals surface area contributed by atoms with Crippen molar-refractivity contribution in [3.05, 3.63) is 18.5 Å². The summed E-state index contributed by atoms with van der Waals surface area (Å²) in [4.78, 5) is 11.2. The fourth-order valence-electron chi connectivity index (χ4n) is 3.70. The highest BCUT2D eigenvalue weighted by atomic mass is 32.2. The molecule has 8 heteroatoms. The van der Waals surface area contributed by atoms with Crippen LogP contribution in [-0.2, 0) is 9.73 Å². The zero-order valence-electron chi connectivity index (χ0n) is 16.2. The second kappa shape index (κ2) is 8.29. The van der Waals surface area contributed by atoms with Gasteiger partial charge in [0, 0.05) is 46.3 Å². The number of fused-ring (bicyclic) bond motifs is 1. The van der Waals surface area contributed by atoms with Gasteiger partial charge < -0.3 is 14.4 Å². The summed E-state index contributed by atoms with van der Waals surface area (Å²) in [7, 11) is 0.883. The lowest BCUT2D eigenvalue weighted by Crippen LogP contribution is -2.34. The van der Waals surface area contributed by atoms with Crippen molar-refractivity contribution in [2.45, 2.75) is 25.7 Å². The molecule has 1 atom stereocenters. The summed E-state index contributed by atoms with van der Waals surface area (Å²) in [6.07, 6.45) is 7.22. The van der Waals surface area contributed by atoms with Crippen molar-refractivity contribution in [3.63, 3.8) is 0 Å². The molecule has 148 valence electrons. The molecule has 1 aliphatic rings. The third-order valence-corrected chi connectivity index (χ3v) is 6.25. The molecule has 0 aliphatic carbocycles. The van der Waals surface area contributed by atoms with Crippen molar-refractivity contribution in [1.82, 2.24) is 9.97 Å². The maximum atomic E-state index is 11.5. The minimum Gasteiger partial charge on any atom is -0.493 e. The molecule has 1 fully saturated rings. The highest BCUT2D eigenvalue weighted by Gasteiger charge is 2.22. The van der Waals surface area contributed by atoms with Crippen LogP contribution in [0.25, 0.3) is 10.9 Å². The van der Waals surface area contributed by atoms with Crippen molar-refractivity contribution in [2.75, 3.05) is 44.2 Å².